The maximum absolute atomic E-state index is 12.7. The molecule has 6 rings (SSSR count). The van der Waals surface area contributed by atoms with E-state index in [9.17, 15) is 9.59 Å². The van der Waals surface area contributed by atoms with Gasteiger partial charge in [0.15, 0.2) is 0 Å². The van der Waals surface area contributed by atoms with Crippen molar-refractivity contribution in [1.82, 2.24) is 28.4 Å². The average Bonchev–Trinajstić information content (AvgIpc) is 3.51. The molecular weight excluding hydrogens is 523 g/mol. The largest absolute Gasteiger partial charge is 0.313 e. The van der Waals surface area contributed by atoms with Crippen LogP contribution in [-0.2, 0) is 14.1 Å². The lowest BCUT2D eigenvalue weighted by molar-refractivity contribution is 0.783. The number of aromatic nitrogens is 6. The minimum Gasteiger partial charge on any atom is -0.313 e. The molecule has 0 N–H and O–H groups in total. The Morgan fingerprint density at radius 1 is 0.632 bits per heavy atom. The number of halogens is 2. The molecule has 0 aliphatic heterocycles. The molecule has 38 heavy (non-hydrogen) atoms. The Labute approximate surface area is 226 Å². The topological polar surface area (TPSA) is 78.6 Å². The molecule has 0 aliphatic carbocycles. The average molecular weight is 545 g/mol. The smallest absolute Gasteiger partial charge is 0.276 e. The Hall–Kier alpha value is -4.14. The summed E-state index contributed by atoms with van der Waals surface area (Å²) >= 11 is 13.9. The van der Waals surface area contributed by atoms with Crippen molar-refractivity contribution in [2.45, 2.75) is 13.8 Å². The number of benzene rings is 2. The van der Waals surface area contributed by atoms with E-state index in [1.807, 2.05) is 62.6 Å². The van der Waals surface area contributed by atoms with Gasteiger partial charge in [-0.15, -0.1) is 0 Å². The van der Waals surface area contributed by atoms with Crippen molar-refractivity contribution in [1.29, 1.82) is 0 Å². The molecule has 0 fully saturated rings. The van der Waals surface area contributed by atoms with Crippen LogP contribution in [0.1, 0.15) is 11.4 Å². The van der Waals surface area contributed by atoms with E-state index in [1.165, 1.54) is 0 Å². The molecule has 0 bridgehead atoms. The first-order valence-corrected chi connectivity index (χ1v) is 12.6. The summed E-state index contributed by atoms with van der Waals surface area (Å²) in [5.74, 6) is 0. The fourth-order valence-electron chi connectivity index (χ4n) is 4.64. The number of rotatable bonds is 3. The van der Waals surface area contributed by atoms with Crippen LogP contribution in [0.4, 0.5) is 0 Å². The SMILES string of the molecule is Cc1cn2nc(-c3cccc(-c4cccc(-c5cc6c(=O)n(C)c(C)cn6n5)c4Cl)c3Cl)cc2c(=O)n1C. The van der Waals surface area contributed by atoms with Gasteiger partial charge in [0.2, 0.25) is 0 Å². The van der Waals surface area contributed by atoms with Gasteiger partial charge in [0.05, 0.1) is 21.4 Å². The van der Waals surface area contributed by atoms with Crippen LogP contribution in [-0.4, -0.2) is 28.4 Å². The highest BCUT2D eigenvalue weighted by molar-refractivity contribution is 6.39. The maximum atomic E-state index is 12.7. The molecule has 0 aliphatic rings. The zero-order valence-electron chi connectivity index (χ0n) is 21.0. The third-order valence-electron chi connectivity index (χ3n) is 7.03. The molecule has 190 valence electrons. The molecule has 0 spiro atoms. The van der Waals surface area contributed by atoms with Crippen LogP contribution in [0.2, 0.25) is 10.0 Å². The second-order valence-electron chi connectivity index (χ2n) is 9.32. The van der Waals surface area contributed by atoms with Gasteiger partial charge in [0, 0.05) is 60.1 Å². The van der Waals surface area contributed by atoms with Gasteiger partial charge in [-0.1, -0.05) is 59.6 Å². The zero-order valence-corrected chi connectivity index (χ0v) is 22.5. The third kappa shape index (κ3) is 3.60. The Morgan fingerprint density at radius 3 is 1.39 bits per heavy atom. The van der Waals surface area contributed by atoms with Crippen molar-refractivity contribution >= 4 is 34.2 Å². The Kier molecular flexibility index (Phi) is 5.55. The van der Waals surface area contributed by atoms with E-state index < -0.39 is 0 Å². The lowest BCUT2D eigenvalue weighted by Crippen LogP contribution is -2.20. The fourth-order valence-corrected chi connectivity index (χ4v) is 5.28. The van der Waals surface area contributed by atoms with Crippen molar-refractivity contribution < 1.29 is 0 Å². The van der Waals surface area contributed by atoms with Crippen molar-refractivity contribution in [2.75, 3.05) is 0 Å². The van der Waals surface area contributed by atoms with Crippen LogP contribution in [0.25, 0.3) is 44.7 Å². The van der Waals surface area contributed by atoms with Gasteiger partial charge in [0.1, 0.15) is 11.0 Å². The summed E-state index contributed by atoms with van der Waals surface area (Å²) in [6, 6.07) is 14.7. The molecule has 0 amide bonds. The molecule has 4 heterocycles. The number of nitrogens with zero attached hydrogens (tertiary/aromatic N) is 6. The van der Waals surface area contributed by atoms with Gasteiger partial charge in [-0.05, 0) is 26.0 Å². The first-order valence-electron chi connectivity index (χ1n) is 11.9. The highest BCUT2D eigenvalue weighted by Gasteiger charge is 2.19. The summed E-state index contributed by atoms with van der Waals surface area (Å²) in [6.07, 6.45) is 3.62. The van der Waals surface area contributed by atoms with Gasteiger partial charge in [-0.25, -0.2) is 9.03 Å². The molecule has 10 heteroatoms. The van der Waals surface area contributed by atoms with Gasteiger partial charge in [-0.2, -0.15) is 10.2 Å². The maximum Gasteiger partial charge on any atom is 0.276 e. The predicted molar refractivity (Wildman–Crippen MR) is 150 cm³/mol. The lowest BCUT2D eigenvalue weighted by Gasteiger charge is -2.12. The van der Waals surface area contributed by atoms with E-state index in [-0.39, 0.29) is 11.1 Å². The second-order valence-corrected chi connectivity index (χ2v) is 10.1. The molecule has 6 aromatic rings. The van der Waals surface area contributed by atoms with E-state index in [0.29, 0.717) is 54.7 Å². The van der Waals surface area contributed by atoms with Crippen molar-refractivity contribution in [3.8, 4) is 33.6 Å². The number of aryl methyl sites for hydroxylation is 2. The molecule has 2 aromatic carbocycles. The monoisotopic (exact) mass is 544 g/mol. The summed E-state index contributed by atoms with van der Waals surface area (Å²) in [5.41, 5.74) is 6.19. The number of fused-ring (bicyclic) bond motifs is 2. The number of hydrogen-bond acceptors (Lipinski definition) is 4. The molecule has 0 unspecified atom stereocenters. The summed E-state index contributed by atoms with van der Waals surface area (Å²) < 4.78 is 6.33. The first kappa shape index (κ1) is 24.2. The molecule has 4 aromatic heterocycles. The quantitative estimate of drug-likeness (QED) is 0.302. The van der Waals surface area contributed by atoms with E-state index in [4.69, 9.17) is 23.2 Å². The fraction of sp³-hybridized carbons (Fsp3) is 0.143. The Bertz CT molecular complexity index is 1900. The Morgan fingerprint density at radius 2 is 1.00 bits per heavy atom. The van der Waals surface area contributed by atoms with Crippen LogP contribution >= 0.6 is 23.2 Å². The lowest BCUT2D eigenvalue weighted by atomic mass is 9.98. The Balaban J connectivity index is 1.49. The molecule has 0 atom stereocenters. The first-order chi connectivity index (χ1) is 18.2. The highest BCUT2D eigenvalue weighted by Crippen LogP contribution is 2.42. The van der Waals surface area contributed by atoms with Gasteiger partial charge in [0.25, 0.3) is 11.1 Å². The van der Waals surface area contributed by atoms with E-state index in [1.54, 1.807) is 44.4 Å². The van der Waals surface area contributed by atoms with Gasteiger partial charge >= 0.3 is 0 Å². The van der Waals surface area contributed by atoms with Crippen molar-refractivity contribution in [2.24, 2.45) is 14.1 Å². The van der Waals surface area contributed by atoms with Gasteiger partial charge < -0.3 is 9.13 Å². The molecule has 0 saturated carbocycles. The zero-order chi connectivity index (χ0) is 26.9. The summed E-state index contributed by atoms with van der Waals surface area (Å²) in [4.78, 5) is 25.5. The van der Waals surface area contributed by atoms with Crippen LogP contribution in [0, 0.1) is 13.8 Å². The van der Waals surface area contributed by atoms with Crippen LogP contribution in [0.15, 0.2) is 70.5 Å². The van der Waals surface area contributed by atoms with Crippen molar-refractivity contribution in [3.63, 3.8) is 0 Å². The van der Waals surface area contributed by atoms with E-state index in [0.717, 1.165) is 11.4 Å². The van der Waals surface area contributed by atoms with E-state index >= 15 is 0 Å². The molecular formula is C28H22Cl2N6O2. The molecule has 0 saturated heterocycles. The minimum absolute atomic E-state index is 0.135. The minimum atomic E-state index is -0.135. The van der Waals surface area contributed by atoms with Crippen molar-refractivity contribution in [3.05, 3.63) is 103 Å². The second kappa shape index (κ2) is 8.72. The predicted octanol–water partition coefficient (Wildman–Crippen LogP) is 5.30. The molecule has 8 nitrogen and oxygen atoms in total. The molecule has 0 radical (unpaired) electrons. The normalized spacial score (nSPS) is 11.6. The van der Waals surface area contributed by atoms with Crippen LogP contribution in [0.3, 0.4) is 0 Å². The third-order valence-corrected chi connectivity index (χ3v) is 7.85. The summed E-state index contributed by atoms with van der Waals surface area (Å²) in [5, 5.41) is 10.2. The van der Waals surface area contributed by atoms with Gasteiger partial charge in [-0.3, -0.25) is 9.59 Å². The number of hydrogen-bond donors (Lipinski definition) is 0. The standard InChI is InChI=1S/C28H22Cl2N6O2/c1-15-13-35-23(27(37)33(15)3)11-21(31-35)19-9-5-7-17(25(19)29)18-8-6-10-20(26(18)30)22-12-24-28(38)34(4)16(2)14-36(24)32-22/h5-14H,1-4H3. The van der Waals surface area contributed by atoms with Crippen LogP contribution < -0.4 is 11.1 Å². The summed E-state index contributed by atoms with van der Waals surface area (Å²) in [7, 11) is 3.46. The highest BCUT2D eigenvalue weighted by atomic mass is 35.5. The van der Waals surface area contributed by atoms with E-state index in [2.05, 4.69) is 10.2 Å². The summed E-state index contributed by atoms with van der Waals surface area (Å²) in [6.45, 7) is 3.71. The van der Waals surface area contributed by atoms with Crippen LogP contribution in [0.5, 0.6) is 0 Å².